The largest absolute Gasteiger partial charge is 0.345 e. The van der Waals surface area contributed by atoms with Crippen LogP contribution in [0.3, 0.4) is 0 Å². The topological polar surface area (TPSA) is 49.0 Å². The maximum absolute atomic E-state index is 12.8. The fourth-order valence-corrected chi connectivity index (χ4v) is 3.67. The van der Waals surface area contributed by atoms with Crippen molar-refractivity contribution in [3.05, 3.63) is 47.8 Å². The van der Waals surface area contributed by atoms with Crippen LogP contribution in [0.25, 0.3) is 0 Å². The number of thioether (sulfide) groups is 1. The van der Waals surface area contributed by atoms with Gasteiger partial charge in [0.15, 0.2) is 0 Å². The van der Waals surface area contributed by atoms with Crippen molar-refractivity contribution in [1.82, 2.24) is 4.57 Å². The van der Waals surface area contributed by atoms with Crippen molar-refractivity contribution in [2.45, 2.75) is 17.1 Å². The molecule has 2 aromatic rings. The van der Waals surface area contributed by atoms with E-state index in [-0.39, 0.29) is 5.91 Å². The number of aryl methyl sites for hydroxylation is 1. The summed E-state index contributed by atoms with van der Waals surface area (Å²) in [5.74, 6) is -0.0569. The van der Waals surface area contributed by atoms with E-state index in [2.05, 4.69) is 13.0 Å². The lowest BCUT2D eigenvalue weighted by atomic mass is 10.2. The van der Waals surface area contributed by atoms with Crippen LogP contribution in [0, 0.1) is 11.3 Å². The second kappa shape index (κ2) is 5.30. The van der Waals surface area contributed by atoms with E-state index in [0.717, 1.165) is 10.6 Å². The van der Waals surface area contributed by atoms with Crippen LogP contribution in [0.1, 0.15) is 23.0 Å². The summed E-state index contributed by atoms with van der Waals surface area (Å²) in [7, 11) is 1.79. The Balaban J connectivity index is 2.02. The van der Waals surface area contributed by atoms with Gasteiger partial charge in [-0.25, -0.2) is 0 Å². The SMILES string of the molecule is CC1CN(C(=O)c2cc(C#N)cn2C)c2ccccc2S1. The van der Waals surface area contributed by atoms with Crippen LogP contribution in [0.2, 0.25) is 0 Å². The van der Waals surface area contributed by atoms with Crippen molar-refractivity contribution < 1.29 is 4.79 Å². The Labute approximate surface area is 128 Å². The number of carbonyl (C=O) groups is 1. The van der Waals surface area contributed by atoms with Gasteiger partial charge in [0, 0.05) is 29.9 Å². The number of hydrogen-bond acceptors (Lipinski definition) is 3. The molecule has 1 atom stereocenters. The molecule has 0 aliphatic carbocycles. The molecule has 4 nitrogen and oxygen atoms in total. The first-order valence-electron chi connectivity index (χ1n) is 6.74. The van der Waals surface area contributed by atoms with E-state index in [1.165, 1.54) is 0 Å². The first kappa shape index (κ1) is 13.8. The lowest BCUT2D eigenvalue weighted by molar-refractivity contribution is 0.0978. The molecule has 1 aromatic heterocycles. The second-order valence-corrected chi connectivity index (χ2v) is 6.63. The average Bonchev–Trinajstić information content (AvgIpc) is 2.86. The number of amides is 1. The van der Waals surface area contributed by atoms with E-state index in [0.29, 0.717) is 23.1 Å². The highest BCUT2D eigenvalue weighted by molar-refractivity contribution is 8.00. The number of nitrogens with zero attached hydrogens (tertiary/aromatic N) is 3. The van der Waals surface area contributed by atoms with Crippen molar-refractivity contribution >= 4 is 23.4 Å². The molecular formula is C16H15N3OS. The minimum atomic E-state index is -0.0569. The number of anilines is 1. The van der Waals surface area contributed by atoms with Crippen LogP contribution in [-0.4, -0.2) is 22.3 Å². The van der Waals surface area contributed by atoms with E-state index in [4.69, 9.17) is 5.26 Å². The van der Waals surface area contributed by atoms with E-state index in [9.17, 15) is 4.79 Å². The number of para-hydroxylation sites is 1. The van der Waals surface area contributed by atoms with Gasteiger partial charge in [-0.3, -0.25) is 4.79 Å². The molecule has 0 saturated heterocycles. The van der Waals surface area contributed by atoms with Crippen LogP contribution in [0.5, 0.6) is 0 Å². The summed E-state index contributed by atoms with van der Waals surface area (Å²) in [6.45, 7) is 2.79. The van der Waals surface area contributed by atoms with Crippen molar-refractivity contribution in [2.24, 2.45) is 7.05 Å². The van der Waals surface area contributed by atoms with Gasteiger partial charge in [-0.2, -0.15) is 5.26 Å². The highest BCUT2D eigenvalue weighted by Crippen LogP contribution is 2.38. The summed E-state index contributed by atoms with van der Waals surface area (Å²) in [6, 6.07) is 11.7. The number of hydrogen-bond donors (Lipinski definition) is 0. The number of rotatable bonds is 1. The molecule has 0 radical (unpaired) electrons. The fourth-order valence-electron chi connectivity index (χ4n) is 2.56. The molecule has 0 saturated carbocycles. The number of aromatic nitrogens is 1. The maximum atomic E-state index is 12.8. The normalized spacial score (nSPS) is 17.2. The van der Waals surface area contributed by atoms with Gasteiger partial charge in [-0.1, -0.05) is 19.1 Å². The first-order valence-corrected chi connectivity index (χ1v) is 7.62. The van der Waals surface area contributed by atoms with Crippen LogP contribution in [0.15, 0.2) is 41.4 Å². The van der Waals surface area contributed by atoms with E-state index in [1.54, 1.807) is 35.6 Å². The fraction of sp³-hybridized carbons (Fsp3) is 0.250. The van der Waals surface area contributed by atoms with Crippen molar-refractivity contribution in [3.8, 4) is 6.07 Å². The molecule has 0 spiro atoms. The monoisotopic (exact) mass is 297 g/mol. The van der Waals surface area contributed by atoms with Gasteiger partial charge >= 0.3 is 0 Å². The van der Waals surface area contributed by atoms with Crippen LogP contribution >= 0.6 is 11.8 Å². The third-order valence-corrected chi connectivity index (χ3v) is 4.67. The Morgan fingerprint density at radius 2 is 2.19 bits per heavy atom. The molecule has 1 unspecified atom stereocenters. The summed E-state index contributed by atoms with van der Waals surface area (Å²) in [6.07, 6.45) is 1.68. The standard InChI is InChI=1S/C16H15N3OS/c1-11-9-19(13-5-3-4-6-15(13)21-11)16(20)14-7-12(8-17)10-18(14)2/h3-7,10-11H,9H2,1-2H3. The van der Waals surface area contributed by atoms with Crippen molar-refractivity contribution in [3.63, 3.8) is 0 Å². The molecule has 0 N–H and O–H groups in total. The predicted octanol–water partition coefficient (Wildman–Crippen LogP) is 3.04. The molecule has 2 heterocycles. The molecule has 106 valence electrons. The van der Waals surface area contributed by atoms with Gasteiger partial charge in [-0.15, -0.1) is 11.8 Å². The lowest BCUT2D eigenvalue weighted by Gasteiger charge is -2.32. The van der Waals surface area contributed by atoms with Gasteiger partial charge in [-0.05, 0) is 18.2 Å². The van der Waals surface area contributed by atoms with E-state index < -0.39 is 0 Å². The molecule has 0 bridgehead atoms. The average molecular weight is 297 g/mol. The third kappa shape index (κ3) is 2.43. The lowest BCUT2D eigenvalue weighted by Crippen LogP contribution is -2.39. The van der Waals surface area contributed by atoms with Crippen LogP contribution in [0.4, 0.5) is 5.69 Å². The zero-order valence-corrected chi connectivity index (χ0v) is 12.7. The Kier molecular flexibility index (Phi) is 3.48. The minimum Gasteiger partial charge on any atom is -0.345 e. The van der Waals surface area contributed by atoms with Gasteiger partial charge in [0.05, 0.1) is 11.3 Å². The quantitative estimate of drug-likeness (QED) is 0.813. The zero-order valence-electron chi connectivity index (χ0n) is 11.9. The molecule has 3 rings (SSSR count). The summed E-state index contributed by atoms with van der Waals surface area (Å²) in [5, 5.41) is 9.32. The van der Waals surface area contributed by atoms with E-state index in [1.807, 2.05) is 29.2 Å². The van der Waals surface area contributed by atoms with Crippen LogP contribution in [-0.2, 0) is 7.05 Å². The summed E-state index contributed by atoms with van der Waals surface area (Å²) < 4.78 is 1.72. The molecule has 1 aliphatic heterocycles. The predicted molar refractivity (Wildman–Crippen MR) is 83.6 cm³/mol. The number of benzene rings is 1. The number of nitriles is 1. The first-order chi connectivity index (χ1) is 10.1. The Morgan fingerprint density at radius 3 is 2.90 bits per heavy atom. The van der Waals surface area contributed by atoms with Gasteiger partial charge in [0.2, 0.25) is 0 Å². The molecule has 1 amide bonds. The van der Waals surface area contributed by atoms with Crippen LogP contribution < -0.4 is 4.90 Å². The van der Waals surface area contributed by atoms with E-state index >= 15 is 0 Å². The molecule has 1 aromatic carbocycles. The second-order valence-electron chi connectivity index (χ2n) is 5.15. The highest BCUT2D eigenvalue weighted by atomic mass is 32.2. The highest BCUT2D eigenvalue weighted by Gasteiger charge is 2.28. The zero-order chi connectivity index (χ0) is 15.0. The summed E-state index contributed by atoms with van der Waals surface area (Å²) >= 11 is 1.79. The molecule has 1 aliphatic rings. The summed E-state index contributed by atoms with van der Waals surface area (Å²) in [5.41, 5.74) is 2.00. The Bertz CT molecular complexity index is 744. The van der Waals surface area contributed by atoms with Gasteiger partial charge in [0.1, 0.15) is 11.8 Å². The van der Waals surface area contributed by atoms with Gasteiger partial charge in [0.25, 0.3) is 5.91 Å². The van der Waals surface area contributed by atoms with Crippen molar-refractivity contribution in [2.75, 3.05) is 11.4 Å². The Hall–Kier alpha value is -2.19. The number of carbonyl (C=O) groups excluding carboxylic acids is 1. The third-order valence-electron chi connectivity index (χ3n) is 3.52. The molecule has 0 fully saturated rings. The summed E-state index contributed by atoms with van der Waals surface area (Å²) in [4.78, 5) is 15.8. The molecule has 5 heteroatoms. The maximum Gasteiger partial charge on any atom is 0.274 e. The minimum absolute atomic E-state index is 0.0569. The molecular weight excluding hydrogens is 282 g/mol. The molecule has 21 heavy (non-hydrogen) atoms. The van der Waals surface area contributed by atoms with Crippen molar-refractivity contribution in [1.29, 1.82) is 5.26 Å². The number of fused-ring (bicyclic) bond motifs is 1. The Morgan fingerprint density at radius 1 is 1.43 bits per heavy atom. The van der Waals surface area contributed by atoms with Gasteiger partial charge < -0.3 is 9.47 Å². The smallest absolute Gasteiger partial charge is 0.274 e.